The lowest BCUT2D eigenvalue weighted by Crippen LogP contribution is -2.33. The summed E-state index contributed by atoms with van der Waals surface area (Å²) in [5.41, 5.74) is 1.62. The van der Waals surface area contributed by atoms with Gasteiger partial charge in [-0.1, -0.05) is 17.3 Å². The van der Waals surface area contributed by atoms with Crippen LogP contribution in [0.5, 0.6) is 0 Å². The van der Waals surface area contributed by atoms with Gasteiger partial charge in [0, 0.05) is 24.3 Å². The topological polar surface area (TPSA) is 105 Å². The van der Waals surface area contributed by atoms with Crippen molar-refractivity contribution in [2.24, 2.45) is 0 Å². The zero-order chi connectivity index (χ0) is 24.6. The number of hydrogen-bond donors (Lipinski definition) is 1. The summed E-state index contributed by atoms with van der Waals surface area (Å²) in [5, 5.41) is 7.06. The molecule has 2 heterocycles. The number of rotatable bonds is 6. The van der Waals surface area contributed by atoms with E-state index < -0.39 is 21.7 Å². The molecule has 1 N–H and O–H groups in total. The molecular formula is C24H23FN4O4S. The molecular weight excluding hydrogens is 459 g/mol. The van der Waals surface area contributed by atoms with E-state index in [-0.39, 0.29) is 33.5 Å². The van der Waals surface area contributed by atoms with Crippen LogP contribution in [0.25, 0.3) is 22.4 Å². The van der Waals surface area contributed by atoms with Crippen LogP contribution in [0.15, 0.2) is 64.0 Å². The molecule has 1 amide bonds. The molecule has 0 radical (unpaired) electrons. The first-order chi connectivity index (χ1) is 16.1. The summed E-state index contributed by atoms with van der Waals surface area (Å²) in [6.07, 6.45) is 0. The van der Waals surface area contributed by atoms with E-state index in [0.29, 0.717) is 16.8 Å². The Kier molecular flexibility index (Phi) is 6.20. The molecule has 10 heteroatoms. The van der Waals surface area contributed by atoms with Crippen molar-refractivity contribution < 1.29 is 22.1 Å². The van der Waals surface area contributed by atoms with Crippen molar-refractivity contribution in [3.8, 4) is 11.3 Å². The highest BCUT2D eigenvalue weighted by Gasteiger charge is 2.24. The van der Waals surface area contributed by atoms with E-state index in [9.17, 15) is 17.6 Å². The first kappa shape index (κ1) is 23.5. The lowest BCUT2D eigenvalue weighted by molar-refractivity contribution is 0.102. The highest BCUT2D eigenvalue weighted by Crippen LogP contribution is 2.29. The van der Waals surface area contributed by atoms with E-state index in [2.05, 4.69) is 15.5 Å². The average molecular weight is 483 g/mol. The molecule has 0 aliphatic rings. The molecule has 34 heavy (non-hydrogen) atoms. The van der Waals surface area contributed by atoms with Gasteiger partial charge in [0.25, 0.3) is 11.6 Å². The Bertz CT molecular complexity index is 1480. The quantitative estimate of drug-likeness (QED) is 0.430. The molecule has 0 saturated heterocycles. The molecule has 176 valence electrons. The molecule has 8 nitrogen and oxygen atoms in total. The number of nitrogens with one attached hydrogen (secondary N) is 1. The van der Waals surface area contributed by atoms with Crippen LogP contribution in [0.3, 0.4) is 0 Å². The van der Waals surface area contributed by atoms with Crippen LogP contribution in [0.4, 0.5) is 10.1 Å². The van der Waals surface area contributed by atoms with Crippen LogP contribution in [-0.2, 0) is 10.0 Å². The molecule has 4 aromatic rings. The maximum absolute atomic E-state index is 14.4. The van der Waals surface area contributed by atoms with Crippen molar-refractivity contribution in [2.45, 2.75) is 31.7 Å². The van der Waals surface area contributed by atoms with E-state index in [4.69, 9.17) is 4.52 Å². The fourth-order valence-corrected chi connectivity index (χ4v) is 4.80. The second-order valence-corrected chi connectivity index (χ2v) is 10.1. The Hall–Kier alpha value is -3.63. The lowest BCUT2D eigenvalue weighted by atomic mass is 10.0. The molecule has 0 aliphatic heterocycles. The zero-order valence-electron chi connectivity index (χ0n) is 19.0. The number of halogens is 1. The number of hydrogen-bond acceptors (Lipinski definition) is 6. The van der Waals surface area contributed by atoms with E-state index >= 15 is 0 Å². The fraction of sp³-hybridized carbons (Fsp3) is 0.208. The van der Waals surface area contributed by atoms with Gasteiger partial charge in [-0.15, -0.1) is 0 Å². The van der Waals surface area contributed by atoms with Gasteiger partial charge in [-0.25, -0.2) is 17.8 Å². The summed E-state index contributed by atoms with van der Waals surface area (Å²) in [5.74, 6) is -0.980. The third-order valence-corrected chi connectivity index (χ3v) is 7.58. The van der Waals surface area contributed by atoms with Crippen molar-refractivity contribution in [1.82, 2.24) is 14.4 Å². The van der Waals surface area contributed by atoms with Gasteiger partial charge in [0.05, 0.1) is 27.2 Å². The molecule has 0 fully saturated rings. The van der Waals surface area contributed by atoms with Gasteiger partial charge in [0.15, 0.2) is 0 Å². The van der Waals surface area contributed by atoms with Crippen LogP contribution in [-0.4, -0.2) is 41.9 Å². The van der Waals surface area contributed by atoms with E-state index in [1.165, 1.54) is 47.8 Å². The van der Waals surface area contributed by atoms with Gasteiger partial charge in [-0.2, -0.15) is 4.31 Å². The number of anilines is 1. The Morgan fingerprint density at radius 1 is 1.12 bits per heavy atom. The second kappa shape index (κ2) is 8.96. The zero-order valence-corrected chi connectivity index (χ0v) is 19.9. The maximum Gasteiger partial charge on any atom is 0.259 e. The molecule has 2 aromatic carbocycles. The van der Waals surface area contributed by atoms with Crippen molar-refractivity contribution >= 4 is 32.7 Å². The van der Waals surface area contributed by atoms with Gasteiger partial charge in [-0.3, -0.25) is 4.79 Å². The summed E-state index contributed by atoms with van der Waals surface area (Å²) in [4.78, 5) is 17.6. The summed E-state index contributed by atoms with van der Waals surface area (Å²) in [6, 6.07) is 13.3. The summed E-state index contributed by atoms with van der Waals surface area (Å²) < 4.78 is 46.2. The maximum atomic E-state index is 14.4. The normalized spacial score (nSPS) is 12.0. The van der Waals surface area contributed by atoms with Crippen LogP contribution in [0.1, 0.15) is 29.9 Å². The third-order valence-electron chi connectivity index (χ3n) is 5.53. The minimum atomic E-state index is -3.65. The van der Waals surface area contributed by atoms with Crippen molar-refractivity contribution in [1.29, 1.82) is 0 Å². The summed E-state index contributed by atoms with van der Waals surface area (Å²) in [7, 11) is -2.13. The summed E-state index contributed by atoms with van der Waals surface area (Å²) >= 11 is 0. The first-order valence-corrected chi connectivity index (χ1v) is 11.9. The number of fused-ring (bicyclic) bond motifs is 1. The third kappa shape index (κ3) is 4.29. The van der Waals surface area contributed by atoms with Gasteiger partial charge >= 0.3 is 0 Å². The molecule has 0 atom stereocenters. The molecule has 0 aliphatic carbocycles. The minimum absolute atomic E-state index is 0.113. The van der Waals surface area contributed by atoms with Gasteiger partial charge in [0.1, 0.15) is 5.82 Å². The van der Waals surface area contributed by atoms with Crippen molar-refractivity contribution in [2.75, 3.05) is 12.4 Å². The van der Waals surface area contributed by atoms with E-state index in [1.807, 2.05) is 0 Å². The molecule has 0 saturated carbocycles. The average Bonchev–Trinajstić information content (AvgIpc) is 3.19. The number of aromatic nitrogens is 2. The fourth-order valence-electron chi connectivity index (χ4n) is 3.43. The molecule has 2 aromatic heterocycles. The Labute approximate surface area is 196 Å². The number of amides is 1. The predicted octanol–water partition coefficient (Wildman–Crippen LogP) is 4.62. The number of carbonyl (C=O) groups excluding carboxylic acids is 1. The van der Waals surface area contributed by atoms with Crippen molar-refractivity contribution in [3.05, 3.63) is 71.7 Å². The van der Waals surface area contributed by atoms with E-state index in [1.54, 1.807) is 39.0 Å². The highest BCUT2D eigenvalue weighted by molar-refractivity contribution is 7.89. The minimum Gasteiger partial charge on any atom is -0.335 e. The van der Waals surface area contributed by atoms with Crippen LogP contribution >= 0.6 is 0 Å². The lowest BCUT2D eigenvalue weighted by Gasteiger charge is -2.21. The van der Waals surface area contributed by atoms with E-state index in [0.717, 1.165) is 0 Å². The van der Waals surface area contributed by atoms with Gasteiger partial charge in [0.2, 0.25) is 10.0 Å². The Morgan fingerprint density at radius 3 is 2.44 bits per heavy atom. The largest absolute Gasteiger partial charge is 0.335 e. The number of pyridine rings is 1. The Morgan fingerprint density at radius 2 is 1.79 bits per heavy atom. The van der Waals surface area contributed by atoms with Crippen LogP contribution in [0, 0.1) is 12.7 Å². The number of nitrogens with zero attached hydrogens (tertiary/aromatic N) is 3. The van der Waals surface area contributed by atoms with Crippen LogP contribution in [0.2, 0.25) is 0 Å². The summed E-state index contributed by atoms with van der Waals surface area (Å²) in [6.45, 7) is 5.24. The smallest absolute Gasteiger partial charge is 0.259 e. The molecule has 4 rings (SSSR count). The van der Waals surface area contributed by atoms with Gasteiger partial charge < -0.3 is 9.84 Å². The SMILES string of the molecule is Cc1noc2nc(-c3ccccc3F)cc(C(=O)Nc3ccc(S(=O)(=O)N(C)C(C)C)cc3)c12. The number of sulfonamides is 1. The molecule has 0 unspecified atom stereocenters. The molecule has 0 spiro atoms. The number of aryl methyl sites for hydroxylation is 1. The number of benzene rings is 2. The number of carbonyl (C=O) groups is 1. The standard InChI is InChI=1S/C24H23FN4O4S/c1-14(2)29(4)34(31,32)17-11-9-16(10-12-17)26-23(30)19-13-21(18-7-5-6-8-20(18)25)27-24-22(19)15(3)28-33-24/h5-14H,1-4H3,(H,26,30). The van der Waals surface area contributed by atoms with Crippen LogP contribution < -0.4 is 5.32 Å². The Balaban J connectivity index is 1.69. The molecule has 0 bridgehead atoms. The predicted molar refractivity (Wildman–Crippen MR) is 126 cm³/mol. The monoisotopic (exact) mass is 482 g/mol. The first-order valence-electron chi connectivity index (χ1n) is 10.5. The second-order valence-electron chi connectivity index (χ2n) is 8.08. The van der Waals surface area contributed by atoms with Crippen molar-refractivity contribution in [3.63, 3.8) is 0 Å². The highest BCUT2D eigenvalue weighted by atomic mass is 32.2. The van der Waals surface area contributed by atoms with Gasteiger partial charge in [-0.05, 0) is 63.2 Å².